The van der Waals surface area contributed by atoms with Gasteiger partial charge in [0.05, 0.1) is 12.6 Å². The van der Waals surface area contributed by atoms with Crippen molar-refractivity contribution in [3.05, 3.63) is 11.9 Å². The lowest BCUT2D eigenvalue weighted by atomic mass is 9.76. The SMILES string of the molecule is CC(C)(C)OC(=O)NC1CCC(C2C=C(F)CN(C(N)=O)C2=NC2CCCC2)CC1. The van der Waals surface area contributed by atoms with Gasteiger partial charge in [0.2, 0.25) is 0 Å². The molecule has 8 heteroatoms. The van der Waals surface area contributed by atoms with Gasteiger partial charge in [-0.25, -0.2) is 14.0 Å². The van der Waals surface area contributed by atoms with Gasteiger partial charge in [0.25, 0.3) is 0 Å². The Morgan fingerprint density at radius 1 is 1.17 bits per heavy atom. The monoisotopic (exact) mass is 422 g/mol. The van der Waals surface area contributed by atoms with E-state index >= 15 is 0 Å². The smallest absolute Gasteiger partial charge is 0.407 e. The number of alkyl carbamates (subject to hydrolysis) is 1. The molecule has 1 aliphatic heterocycles. The Morgan fingerprint density at radius 2 is 1.80 bits per heavy atom. The fraction of sp³-hybridized carbons (Fsp3) is 0.773. The van der Waals surface area contributed by atoms with Crippen LogP contribution in [0.25, 0.3) is 0 Å². The molecule has 3 aliphatic rings. The van der Waals surface area contributed by atoms with Crippen molar-refractivity contribution in [2.24, 2.45) is 22.6 Å². The average Bonchev–Trinajstić information content (AvgIpc) is 3.15. The Bertz CT molecular complexity index is 702. The highest BCUT2D eigenvalue weighted by molar-refractivity contribution is 6.00. The number of amides is 3. The second kappa shape index (κ2) is 9.35. The molecule has 3 rings (SSSR count). The van der Waals surface area contributed by atoms with Crippen molar-refractivity contribution in [1.29, 1.82) is 0 Å². The van der Waals surface area contributed by atoms with Gasteiger partial charge in [-0.3, -0.25) is 9.89 Å². The minimum Gasteiger partial charge on any atom is -0.444 e. The summed E-state index contributed by atoms with van der Waals surface area (Å²) < 4.78 is 19.7. The zero-order chi connectivity index (χ0) is 21.9. The molecule has 0 spiro atoms. The first-order chi connectivity index (χ1) is 14.1. The highest BCUT2D eigenvalue weighted by Crippen LogP contribution is 2.36. The molecular formula is C22H35FN4O3. The summed E-state index contributed by atoms with van der Waals surface area (Å²) in [6.07, 6.45) is 8.67. The molecule has 0 aromatic heterocycles. The Kier molecular flexibility index (Phi) is 7.03. The molecule has 0 saturated heterocycles. The van der Waals surface area contributed by atoms with Crippen molar-refractivity contribution >= 4 is 18.0 Å². The molecule has 0 bridgehead atoms. The Balaban J connectivity index is 1.68. The number of halogens is 1. The van der Waals surface area contributed by atoms with Gasteiger partial charge in [0.1, 0.15) is 17.3 Å². The van der Waals surface area contributed by atoms with Gasteiger partial charge in [-0.15, -0.1) is 0 Å². The third-order valence-electron chi connectivity index (χ3n) is 6.15. The van der Waals surface area contributed by atoms with Crippen LogP contribution in [0.5, 0.6) is 0 Å². The maximum atomic E-state index is 14.4. The zero-order valence-corrected chi connectivity index (χ0v) is 18.3. The molecule has 2 aliphatic carbocycles. The van der Waals surface area contributed by atoms with E-state index in [9.17, 15) is 14.0 Å². The van der Waals surface area contributed by atoms with E-state index in [1.807, 2.05) is 20.8 Å². The molecule has 30 heavy (non-hydrogen) atoms. The Morgan fingerprint density at radius 3 is 2.37 bits per heavy atom. The van der Waals surface area contributed by atoms with Crippen LogP contribution >= 0.6 is 0 Å². The average molecular weight is 423 g/mol. The minimum atomic E-state index is -0.653. The molecule has 1 unspecified atom stereocenters. The number of primary amides is 1. The largest absolute Gasteiger partial charge is 0.444 e. The Hall–Kier alpha value is -2.12. The first-order valence-electron chi connectivity index (χ1n) is 11.1. The summed E-state index contributed by atoms with van der Waals surface area (Å²) in [6.45, 7) is 5.38. The summed E-state index contributed by atoms with van der Waals surface area (Å²) in [5.41, 5.74) is 5.03. The summed E-state index contributed by atoms with van der Waals surface area (Å²) in [5.74, 6) is 0.196. The highest BCUT2D eigenvalue weighted by atomic mass is 19.1. The lowest BCUT2D eigenvalue weighted by Crippen LogP contribution is -2.50. The second-order valence-electron chi connectivity index (χ2n) is 9.75. The van der Waals surface area contributed by atoms with Crippen LogP contribution < -0.4 is 11.1 Å². The van der Waals surface area contributed by atoms with Gasteiger partial charge in [-0.1, -0.05) is 12.8 Å². The van der Waals surface area contributed by atoms with Crippen molar-refractivity contribution in [2.75, 3.05) is 6.54 Å². The van der Waals surface area contributed by atoms with Crippen LogP contribution in [0.4, 0.5) is 14.0 Å². The summed E-state index contributed by atoms with van der Waals surface area (Å²) in [7, 11) is 0. The van der Waals surface area contributed by atoms with Crippen molar-refractivity contribution in [1.82, 2.24) is 10.2 Å². The fourth-order valence-corrected chi connectivity index (χ4v) is 4.74. The van der Waals surface area contributed by atoms with Crippen LogP contribution in [0.3, 0.4) is 0 Å². The van der Waals surface area contributed by atoms with E-state index in [-0.39, 0.29) is 36.3 Å². The summed E-state index contributed by atoms with van der Waals surface area (Å²) in [4.78, 5) is 30.2. The molecular weight excluding hydrogens is 387 g/mol. The summed E-state index contributed by atoms with van der Waals surface area (Å²) in [6, 6.07) is -0.430. The number of nitrogens with two attached hydrogens (primary N) is 1. The van der Waals surface area contributed by atoms with Crippen LogP contribution in [0, 0.1) is 11.8 Å². The van der Waals surface area contributed by atoms with Crippen molar-refractivity contribution in [3.8, 4) is 0 Å². The highest BCUT2D eigenvalue weighted by Gasteiger charge is 2.38. The molecule has 1 atom stereocenters. The lowest BCUT2D eigenvalue weighted by molar-refractivity contribution is 0.0485. The number of urea groups is 1. The molecule has 7 nitrogen and oxygen atoms in total. The molecule has 0 aromatic rings. The molecule has 2 saturated carbocycles. The number of aliphatic imine (C=N–C) groups is 1. The molecule has 3 amide bonds. The van der Waals surface area contributed by atoms with Crippen LogP contribution in [0.15, 0.2) is 16.9 Å². The summed E-state index contributed by atoms with van der Waals surface area (Å²) >= 11 is 0. The van der Waals surface area contributed by atoms with E-state index in [1.54, 1.807) is 6.08 Å². The van der Waals surface area contributed by atoms with E-state index in [0.29, 0.717) is 5.84 Å². The molecule has 168 valence electrons. The molecule has 0 aromatic carbocycles. The van der Waals surface area contributed by atoms with E-state index in [0.717, 1.165) is 51.4 Å². The minimum absolute atomic E-state index is 0.0379. The van der Waals surface area contributed by atoms with Crippen LogP contribution in [-0.2, 0) is 4.74 Å². The van der Waals surface area contributed by atoms with Crippen molar-refractivity contribution < 1.29 is 18.7 Å². The number of carbonyl (C=O) groups excluding carboxylic acids is 2. The van der Waals surface area contributed by atoms with Gasteiger partial charge >= 0.3 is 12.1 Å². The zero-order valence-electron chi connectivity index (χ0n) is 18.3. The van der Waals surface area contributed by atoms with Crippen LogP contribution in [-0.4, -0.2) is 47.1 Å². The van der Waals surface area contributed by atoms with Gasteiger partial charge in [0, 0.05) is 12.0 Å². The van der Waals surface area contributed by atoms with Crippen molar-refractivity contribution in [2.45, 2.75) is 89.8 Å². The van der Waals surface area contributed by atoms with Crippen LogP contribution in [0.1, 0.15) is 72.1 Å². The van der Waals surface area contributed by atoms with E-state index in [1.165, 1.54) is 4.90 Å². The molecule has 3 N–H and O–H groups in total. The normalized spacial score (nSPS) is 29.6. The van der Waals surface area contributed by atoms with Gasteiger partial charge < -0.3 is 15.8 Å². The number of rotatable bonds is 3. The maximum Gasteiger partial charge on any atom is 0.407 e. The standard InChI is InChI=1S/C22H35FN4O3/c1-22(2,3)30-21(29)26-17-10-8-14(9-11-17)18-12-15(23)13-27(20(24)28)19(18)25-16-6-4-5-7-16/h12,14,16-18H,4-11,13H2,1-3H3,(H2,24,28)(H,26,29). The van der Waals surface area contributed by atoms with Gasteiger partial charge in [-0.05, 0) is 71.3 Å². The van der Waals surface area contributed by atoms with Crippen molar-refractivity contribution in [3.63, 3.8) is 0 Å². The first-order valence-corrected chi connectivity index (χ1v) is 11.1. The van der Waals surface area contributed by atoms with E-state index in [2.05, 4.69) is 5.32 Å². The number of nitrogens with one attached hydrogen (secondary N) is 1. The fourth-order valence-electron chi connectivity index (χ4n) is 4.74. The molecule has 2 fully saturated rings. The van der Waals surface area contributed by atoms with Crippen LogP contribution in [0.2, 0.25) is 0 Å². The number of amidine groups is 1. The van der Waals surface area contributed by atoms with Gasteiger partial charge in [-0.2, -0.15) is 0 Å². The molecule has 1 heterocycles. The topological polar surface area (TPSA) is 97.0 Å². The maximum absolute atomic E-state index is 14.4. The number of hydrogen-bond acceptors (Lipinski definition) is 4. The van der Waals surface area contributed by atoms with Gasteiger partial charge in [0.15, 0.2) is 0 Å². The lowest BCUT2D eigenvalue weighted by Gasteiger charge is -2.38. The molecule has 0 radical (unpaired) electrons. The number of carbonyl (C=O) groups is 2. The van der Waals surface area contributed by atoms with E-state index in [4.69, 9.17) is 15.5 Å². The number of ether oxygens (including phenoxy) is 1. The van der Waals surface area contributed by atoms with E-state index < -0.39 is 17.7 Å². The Labute approximate surface area is 178 Å². The number of nitrogens with zero attached hydrogens (tertiary/aromatic N) is 2. The first kappa shape index (κ1) is 22.6. The quantitative estimate of drug-likeness (QED) is 0.710. The number of hydrogen-bond donors (Lipinski definition) is 2. The predicted molar refractivity (Wildman–Crippen MR) is 114 cm³/mol. The third-order valence-corrected chi connectivity index (χ3v) is 6.15. The second-order valence-corrected chi connectivity index (χ2v) is 9.75. The predicted octanol–water partition coefficient (Wildman–Crippen LogP) is 4.27. The third kappa shape index (κ3) is 5.95. The summed E-state index contributed by atoms with van der Waals surface area (Å²) in [5, 5.41) is 2.94.